The Balaban J connectivity index is 1.75. The van der Waals surface area contributed by atoms with Crippen LogP contribution in [0.1, 0.15) is 35.9 Å². The highest BCUT2D eigenvalue weighted by Gasteiger charge is 2.15. The lowest BCUT2D eigenvalue weighted by Crippen LogP contribution is -2.25. The molecule has 0 saturated carbocycles. The SMILES string of the molecule is CCCc1nc2ccccc2n1CC(O)COc1c(C)cc(C)cc1C. The van der Waals surface area contributed by atoms with E-state index in [-0.39, 0.29) is 6.61 Å². The van der Waals surface area contributed by atoms with Crippen LogP contribution in [0.4, 0.5) is 0 Å². The lowest BCUT2D eigenvalue weighted by Gasteiger charge is -2.18. The minimum atomic E-state index is -0.594. The number of ether oxygens (including phenoxy) is 1. The van der Waals surface area contributed by atoms with Gasteiger partial charge in [-0.15, -0.1) is 0 Å². The van der Waals surface area contributed by atoms with Crippen molar-refractivity contribution < 1.29 is 9.84 Å². The van der Waals surface area contributed by atoms with Gasteiger partial charge in [0.2, 0.25) is 0 Å². The molecule has 138 valence electrons. The van der Waals surface area contributed by atoms with Crippen LogP contribution >= 0.6 is 0 Å². The number of hydrogen-bond donors (Lipinski definition) is 1. The Morgan fingerprint density at radius 2 is 1.81 bits per heavy atom. The fourth-order valence-electron chi connectivity index (χ4n) is 3.58. The van der Waals surface area contributed by atoms with E-state index in [4.69, 9.17) is 9.72 Å². The van der Waals surface area contributed by atoms with E-state index in [1.165, 1.54) is 5.56 Å². The highest BCUT2D eigenvalue weighted by Crippen LogP contribution is 2.25. The summed E-state index contributed by atoms with van der Waals surface area (Å²) in [5, 5.41) is 10.6. The van der Waals surface area contributed by atoms with Crippen molar-refractivity contribution in [2.24, 2.45) is 0 Å². The molecule has 4 heteroatoms. The smallest absolute Gasteiger partial charge is 0.125 e. The summed E-state index contributed by atoms with van der Waals surface area (Å²) >= 11 is 0. The number of para-hydroxylation sites is 2. The molecule has 0 aliphatic carbocycles. The summed E-state index contributed by atoms with van der Waals surface area (Å²) in [5.41, 5.74) is 5.48. The van der Waals surface area contributed by atoms with Crippen molar-refractivity contribution in [2.45, 2.75) is 53.2 Å². The van der Waals surface area contributed by atoms with Gasteiger partial charge in [-0.05, 0) is 50.5 Å². The van der Waals surface area contributed by atoms with E-state index in [9.17, 15) is 5.11 Å². The molecule has 0 fully saturated rings. The number of benzene rings is 2. The molecule has 1 unspecified atom stereocenters. The number of nitrogens with zero attached hydrogens (tertiary/aromatic N) is 2. The van der Waals surface area contributed by atoms with Crippen LogP contribution in [0.25, 0.3) is 11.0 Å². The third-order valence-corrected chi connectivity index (χ3v) is 4.63. The van der Waals surface area contributed by atoms with Crippen LogP contribution in [0, 0.1) is 20.8 Å². The van der Waals surface area contributed by atoms with Crippen molar-refractivity contribution in [2.75, 3.05) is 6.61 Å². The van der Waals surface area contributed by atoms with E-state index >= 15 is 0 Å². The molecule has 3 rings (SSSR count). The molecule has 1 heterocycles. The van der Waals surface area contributed by atoms with Crippen LogP contribution in [-0.4, -0.2) is 27.4 Å². The number of rotatable bonds is 7. The van der Waals surface area contributed by atoms with Crippen molar-refractivity contribution >= 4 is 11.0 Å². The second-order valence-corrected chi connectivity index (χ2v) is 7.07. The molecule has 0 bridgehead atoms. The molecular weight excluding hydrogens is 324 g/mol. The quantitative estimate of drug-likeness (QED) is 0.687. The molecule has 1 N–H and O–H groups in total. The van der Waals surface area contributed by atoms with Gasteiger partial charge in [0, 0.05) is 6.42 Å². The lowest BCUT2D eigenvalue weighted by molar-refractivity contribution is 0.0920. The van der Waals surface area contributed by atoms with Crippen molar-refractivity contribution in [1.82, 2.24) is 9.55 Å². The molecule has 26 heavy (non-hydrogen) atoms. The lowest BCUT2D eigenvalue weighted by atomic mass is 10.1. The molecule has 0 radical (unpaired) electrons. The van der Waals surface area contributed by atoms with Crippen LogP contribution in [0.15, 0.2) is 36.4 Å². The molecule has 1 atom stereocenters. The van der Waals surface area contributed by atoms with Gasteiger partial charge in [0.15, 0.2) is 0 Å². The molecular formula is C22H28N2O2. The first-order valence-electron chi connectivity index (χ1n) is 9.32. The van der Waals surface area contributed by atoms with Gasteiger partial charge in [-0.25, -0.2) is 4.98 Å². The van der Waals surface area contributed by atoms with Crippen LogP contribution < -0.4 is 4.74 Å². The van der Waals surface area contributed by atoms with Crippen LogP contribution in [0.5, 0.6) is 5.75 Å². The summed E-state index contributed by atoms with van der Waals surface area (Å²) in [5.74, 6) is 1.90. The summed E-state index contributed by atoms with van der Waals surface area (Å²) in [6, 6.07) is 12.3. The summed E-state index contributed by atoms with van der Waals surface area (Å²) in [4.78, 5) is 4.72. The number of aromatic nitrogens is 2. The second-order valence-electron chi connectivity index (χ2n) is 7.07. The predicted molar refractivity (Wildman–Crippen MR) is 106 cm³/mol. The monoisotopic (exact) mass is 352 g/mol. The zero-order valence-corrected chi connectivity index (χ0v) is 16.1. The zero-order valence-electron chi connectivity index (χ0n) is 16.1. The molecule has 0 spiro atoms. The van der Waals surface area contributed by atoms with Gasteiger partial charge in [0.25, 0.3) is 0 Å². The van der Waals surface area contributed by atoms with Crippen molar-refractivity contribution in [1.29, 1.82) is 0 Å². The van der Waals surface area contributed by atoms with E-state index in [0.29, 0.717) is 6.54 Å². The maximum absolute atomic E-state index is 10.6. The molecule has 2 aromatic carbocycles. The average molecular weight is 352 g/mol. The van der Waals surface area contributed by atoms with E-state index in [1.807, 2.05) is 32.0 Å². The first-order valence-corrected chi connectivity index (χ1v) is 9.32. The Labute approximate surface area is 155 Å². The minimum Gasteiger partial charge on any atom is -0.490 e. The molecule has 4 nitrogen and oxygen atoms in total. The van der Waals surface area contributed by atoms with Gasteiger partial charge >= 0.3 is 0 Å². The van der Waals surface area contributed by atoms with Crippen molar-refractivity contribution in [3.05, 3.63) is 58.9 Å². The number of fused-ring (bicyclic) bond motifs is 1. The van der Waals surface area contributed by atoms with Gasteiger partial charge in [0.05, 0.1) is 17.6 Å². The molecule has 0 amide bonds. The highest BCUT2D eigenvalue weighted by atomic mass is 16.5. The number of hydrogen-bond acceptors (Lipinski definition) is 3. The van der Waals surface area contributed by atoms with Gasteiger partial charge in [-0.2, -0.15) is 0 Å². The Bertz CT molecular complexity index is 875. The summed E-state index contributed by atoms with van der Waals surface area (Å²) in [7, 11) is 0. The molecule has 1 aromatic heterocycles. The number of aliphatic hydroxyl groups excluding tert-OH is 1. The highest BCUT2D eigenvalue weighted by molar-refractivity contribution is 5.75. The molecule has 3 aromatic rings. The fraction of sp³-hybridized carbons (Fsp3) is 0.409. The summed E-state index contributed by atoms with van der Waals surface area (Å²) in [6.07, 6.45) is 1.33. The zero-order chi connectivity index (χ0) is 18.7. The maximum atomic E-state index is 10.6. The average Bonchev–Trinajstić information content (AvgIpc) is 2.92. The first-order chi connectivity index (χ1) is 12.5. The summed E-state index contributed by atoms with van der Waals surface area (Å²) in [6.45, 7) is 9.07. The van der Waals surface area contributed by atoms with Crippen LogP contribution in [0.2, 0.25) is 0 Å². The largest absolute Gasteiger partial charge is 0.490 e. The summed E-state index contributed by atoms with van der Waals surface area (Å²) < 4.78 is 8.09. The van der Waals surface area contributed by atoms with Crippen LogP contribution in [-0.2, 0) is 13.0 Å². The normalized spacial score (nSPS) is 12.5. The van der Waals surface area contributed by atoms with E-state index in [2.05, 4.69) is 36.6 Å². The second kappa shape index (κ2) is 7.92. The minimum absolute atomic E-state index is 0.267. The van der Waals surface area contributed by atoms with Crippen LogP contribution in [0.3, 0.4) is 0 Å². The van der Waals surface area contributed by atoms with Gasteiger partial charge in [-0.3, -0.25) is 0 Å². The van der Waals surface area contributed by atoms with E-state index < -0.39 is 6.10 Å². The number of aryl methyl sites for hydroxylation is 4. The number of aliphatic hydroxyl groups is 1. The first kappa shape index (κ1) is 18.5. The third kappa shape index (κ3) is 3.91. The number of imidazole rings is 1. The van der Waals surface area contributed by atoms with E-state index in [1.54, 1.807) is 0 Å². The van der Waals surface area contributed by atoms with Gasteiger partial charge < -0.3 is 14.4 Å². The van der Waals surface area contributed by atoms with Gasteiger partial charge in [0.1, 0.15) is 24.3 Å². The standard InChI is InChI=1S/C22H28N2O2/c1-5-8-21-23-19-9-6-7-10-20(19)24(21)13-18(25)14-26-22-16(3)11-15(2)12-17(22)4/h6-7,9-12,18,25H,5,8,13-14H2,1-4H3. The fourth-order valence-corrected chi connectivity index (χ4v) is 3.58. The van der Waals surface area contributed by atoms with Crippen molar-refractivity contribution in [3.63, 3.8) is 0 Å². The van der Waals surface area contributed by atoms with Gasteiger partial charge in [-0.1, -0.05) is 36.8 Å². The Morgan fingerprint density at radius 3 is 2.50 bits per heavy atom. The van der Waals surface area contributed by atoms with E-state index in [0.717, 1.165) is 46.6 Å². The Morgan fingerprint density at radius 1 is 1.12 bits per heavy atom. The predicted octanol–water partition coefficient (Wildman–Crippen LogP) is 4.35. The molecule has 0 aliphatic heterocycles. The Kier molecular flexibility index (Phi) is 5.62. The topological polar surface area (TPSA) is 47.3 Å². The van der Waals surface area contributed by atoms with Crippen molar-refractivity contribution in [3.8, 4) is 5.75 Å². The Hall–Kier alpha value is -2.33. The molecule has 0 saturated heterocycles. The molecule has 0 aliphatic rings. The maximum Gasteiger partial charge on any atom is 0.125 e. The third-order valence-electron chi connectivity index (χ3n) is 4.63.